The summed E-state index contributed by atoms with van der Waals surface area (Å²) >= 11 is 0. The molecule has 0 amide bonds. The molecule has 0 aliphatic carbocycles. The number of azo groups is 1. The number of phenols is 2. The van der Waals surface area contributed by atoms with E-state index in [9.17, 15) is 10.2 Å². The van der Waals surface area contributed by atoms with Crippen LogP contribution in [0, 0.1) is 0 Å². The second-order valence-electron chi connectivity index (χ2n) is 4.34. The summed E-state index contributed by atoms with van der Waals surface area (Å²) in [5.41, 5.74) is 0.756. The van der Waals surface area contributed by atoms with Crippen LogP contribution in [0.1, 0.15) is 0 Å². The van der Waals surface area contributed by atoms with E-state index in [1.54, 1.807) is 24.3 Å². The maximum Gasteiger partial charge on any atom is 0.143 e. The van der Waals surface area contributed by atoms with Gasteiger partial charge >= 0.3 is 0 Å². The number of fused-ring (bicyclic) bond motifs is 1. The Hall–Kier alpha value is -2.88. The minimum atomic E-state index is 0.0518. The number of benzene rings is 3. The molecule has 4 heteroatoms. The Morgan fingerprint density at radius 1 is 0.650 bits per heavy atom. The Morgan fingerprint density at radius 2 is 1.40 bits per heavy atom. The number of phenolic OH excluding ortho intramolecular Hbond substituents is 2. The molecule has 98 valence electrons. The minimum absolute atomic E-state index is 0.0518. The van der Waals surface area contributed by atoms with E-state index in [1.807, 2.05) is 30.3 Å². The maximum atomic E-state index is 9.94. The molecular formula is C16H12N2O2. The summed E-state index contributed by atoms with van der Waals surface area (Å²) in [6, 6.07) is 17.7. The van der Waals surface area contributed by atoms with Crippen LogP contribution in [0.25, 0.3) is 10.8 Å². The molecule has 0 radical (unpaired) electrons. The molecule has 0 aromatic heterocycles. The molecule has 0 spiro atoms. The molecule has 3 rings (SSSR count). The van der Waals surface area contributed by atoms with E-state index in [4.69, 9.17) is 0 Å². The van der Waals surface area contributed by atoms with Crippen molar-refractivity contribution in [3.8, 4) is 11.5 Å². The highest BCUT2D eigenvalue weighted by molar-refractivity contribution is 5.95. The first kappa shape index (κ1) is 12.2. The van der Waals surface area contributed by atoms with Gasteiger partial charge in [-0.2, -0.15) is 0 Å². The van der Waals surface area contributed by atoms with Gasteiger partial charge in [-0.15, -0.1) is 10.2 Å². The van der Waals surface area contributed by atoms with E-state index in [0.717, 1.165) is 10.8 Å². The third kappa shape index (κ3) is 2.19. The summed E-state index contributed by atoms with van der Waals surface area (Å²) in [5.74, 6) is 0.110. The zero-order valence-corrected chi connectivity index (χ0v) is 10.6. The summed E-state index contributed by atoms with van der Waals surface area (Å²) in [5, 5.41) is 29.5. The van der Waals surface area contributed by atoms with E-state index >= 15 is 0 Å². The van der Waals surface area contributed by atoms with Gasteiger partial charge in [0.2, 0.25) is 0 Å². The van der Waals surface area contributed by atoms with Gasteiger partial charge in [0.25, 0.3) is 0 Å². The van der Waals surface area contributed by atoms with E-state index in [2.05, 4.69) is 10.2 Å². The molecule has 20 heavy (non-hydrogen) atoms. The van der Waals surface area contributed by atoms with Gasteiger partial charge in [0, 0.05) is 5.39 Å². The number of nitrogens with zero attached hydrogens (tertiary/aromatic N) is 2. The molecule has 3 aromatic carbocycles. The van der Waals surface area contributed by atoms with Crippen molar-refractivity contribution >= 4 is 22.1 Å². The van der Waals surface area contributed by atoms with Gasteiger partial charge < -0.3 is 10.2 Å². The van der Waals surface area contributed by atoms with E-state index in [1.165, 1.54) is 6.07 Å². The molecule has 4 nitrogen and oxygen atoms in total. The fourth-order valence-corrected chi connectivity index (χ4v) is 2.00. The molecule has 2 N–H and O–H groups in total. The number of hydrogen-bond donors (Lipinski definition) is 2. The molecule has 0 saturated carbocycles. The maximum absolute atomic E-state index is 9.94. The average molecular weight is 264 g/mol. The lowest BCUT2D eigenvalue weighted by Crippen LogP contribution is -1.74. The smallest absolute Gasteiger partial charge is 0.143 e. The predicted molar refractivity (Wildman–Crippen MR) is 77.9 cm³/mol. The van der Waals surface area contributed by atoms with Gasteiger partial charge in [-0.1, -0.05) is 42.5 Å². The number of rotatable bonds is 2. The van der Waals surface area contributed by atoms with Gasteiger partial charge in [-0.3, -0.25) is 0 Å². The largest absolute Gasteiger partial charge is 0.506 e. The minimum Gasteiger partial charge on any atom is -0.506 e. The van der Waals surface area contributed by atoms with E-state index in [0.29, 0.717) is 11.4 Å². The Morgan fingerprint density at radius 3 is 2.25 bits per heavy atom. The van der Waals surface area contributed by atoms with Gasteiger partial charge in [-0.05, 0) is 23.6 Å². The Labute approximate surface area is 115 Å². The Balaban J connectivity index is 2.11. The third-order valence-corrected chi connectivity index (χ3v) is 3.02. The van der Waals surface area contributed by atoms with Crippen LogP contribution in [0.3, 0.4) is 0 Å². The lowest BCUT2D eigenvalue weighted by Gasteiger charge is -2.03. The van der Waals surface area contributed by atoms with Gasteiger partial charge in [0.05, 0.1) is 0 Å². The lowest BCUT2D eigenvalue weighted by atomic mass is 10.1. The molecular weight excluding hydrogens is 252 g/mol. The Bertz CT molecular complexity index is 797. The molecule has 0 saturated heterocycles. The van der Waals surface area contributed by atoms with Crippen molar-refractivity contribution in [2.24, 2.45) is 10.2 Å². The van der Waals surface area contributed by atoms with Crippen LogP contribution in [0.2, 0.25) is 0 Å². The molecule has 0 heterocycles. The van der Waals surface area contributed by atoms with Gasteiger partial charge in [0.1, 0.15) is 22.9 Å². The van der Waals surface area contributed by atoms with Crippen molar-refractivity contribution in [3.63, 3.8) is 0 Å². The highest BCUT2D eigenvalue weighted by Crippen LogP contribution is 2.36. The van der Waals surface area contributed by atoms with Crippen LogP contribution < -0.4 is 0 Å². The first-order valence-corrected chi connectivity index (χ1v) is 6.16. The Kier molecular flexibility index (Phi) is 3.05. The first-order chi connectivity index (χ1) is 9.75. The van der Waals surface area contributed by atoms with Crippen LogP contribution in [0.4, 0.5) is 11.4 Å². The fourth-order valence-electron chi connectivity index (χ4n) is 2.00. The first-order valence-electron chi connectivity index (χ1n) is 6.16. The summed E-state index contributed by atoms with van der Waals surface area (Å²) in [6.45, 7) is 0. The zero-order valence-electron chi connectivity index (χ0n) is 10.6. The second-order valence-corrected chi connectivity index (χ2v) is 4.34. The lowest BCUT2D eigenvalue weighted by molar-refractivity contribution is 0.474. The SMILES string of the molecule is Oc1ccccc1N=Nc1c(O)ccc2ccccc12. The highest BCUT2D eigenvalue weighted by atomic mass is 16.3. The van der Waals surface area contributed by atoms with E-state index in [-0.39, 0.29) is 11.5 Å². The van der Waals surface area contributed by atoms with Crippen LogP contribution in [0.15, 0.2) is 70.9 Å². The van der Waals surface area contributed by atoms with Crippen molar-refractivity contribution in [1.29, 1.82) is 0 Å². The van der Waals surface area contributed by atoms with E-state index < -0.39 is 0 Å². The number of para-hydroxylation sites is 1. The van der Waals surface area contributed by atoms with Crippen molar-refractivity contribution in [2.75, 3.05) is 0 Å². The second kappa shape index (κ2) is 5.01. The van der Waals surface area contributed by atoms with Crippen molar-refractivity contribution in [1.82, 2.24) is 0 Å². The normalized spacial score (nSPS) is 11.2. The van der Waals surface area contributed by atoms with Crippen LogP contribution in [-0.4, -0.2) is 10.2 Å². The fraction of sp³-hybridized carbons (Fsp3) is 0. The number of aromatic hydroxyl groups is 2. The highest BCUT2D eigenvalue weighted by Gasteiger charge is 2.06. The van der Waals surface area contributed by atoms with Crippen LogP contribution >= 0.6 is 0 Å². The molecule has 0 aliphatic heterocycles. The quantitative estimate of drug-likeness (QED) is 0.661. The topological polar surface area (TPSA) is 65.2 Å². The molecule has 0 atom stereocenters. The van der Waals surface area contributed by atoms with Crippen LogP contribution in [-0.2, 0) is 0 Å². The third-order valence-electron chi connectivity index (χ3n) is 3.02. The summed E-state index contributed by atoms with van der Waals surface area (Å²) in [6.07, 6.45) is 0. The van der Waals surface area contributed by atoms with Crippen molar-refractivity contribution in [3.05, 3.63) is 60.7 Å². The summed E-state index contributed by atoms with van der Waals surface area (Å²) < 4.78 is 0. The van der Waals surface area contributed by atoms with Crippen molar-refractivity contribution in [2.45, 2.75) is 0 Å². The average Bonchev–Trinajstić information content (AvgIpc) is 2.48. The predicted octanol–water partition coefficient (Wildman–Crippen LogP) is 4.67. The molecule has 3 aromatic rings. The van der Waals surface area contributed by atoms with Gasteiger partial charge in [-0.25, -0.2) is 0 Å². The summed E-state index contributed by atoms with van der Waals surface area (Å²) in [4.78, 5) is 0. The van der Waals surface area contributed by atoms with Crippen molar-refractivity contribution < 1.29 is 10.2 Å². The zero-order chi connectivity index (χ0) is 13.9. The monoisotopic (exact) mass is 264 g/mol. The van der Waals surface area contributed by atoms with Crippen LogP contribution in [0.5, 0.6) is 11.5 Å². The molecule has 0 aliphatic rings. The standard InChI is InChI=1S/C16H12N2O2/c19-14-8-4-3-7-13(14)17-18-16-12-6-2-1-5-11(12)9-10-15(16)20/h1-10,19-20H. The molecule has 0 fully saturated rings. The van der Waals surface area contributed by atoms with Gasteiger partial charge in [0.15, 0.2) is 0 Å². The number of hydrogen-bond acceptors (Lipinski definition) is 4. The molecule has 0 bridgehead atoms. The summed E-state index contributed by atoms with van der Waals surface area (Å²) in [7, 11) is 0. The molecule has 0 unspecified atom stereocenters.